The van der Waals surface area contributed by atoms with E-state index in [1.807, 2.05) is 12.1 Å². The number of hydrazine groups is 1. The topological polar surface area (TPSA) is 59.3 Å². The molecule has 1 aliphatic carbocycles. The number of fused-ring (bicyclic) bond motifs is 1. The molecule has 4 nitrogen and oxygen atoms in total. The van der Waals surface area contributed by atoms with Crippen molar-refractivity contribution in [2.75, 3.05) is 19.4 Å². The van der Waals surface area contributed by atoms with Gasteiger partial charge in [-0.05, 0) is 42.5 Å². The zero-order valence-corrected chi connectivity index (χ0v) is 10.5. The van der Waals surface area contributed by atoms with E-state index in [2.05, 4.69) is 17.8 Å². The Labute approximate surface area is 103 Å². The van der Waals surface area contributed by atoms with Crippen LogP contribution >= 0.6 is 0 Å². The molecule has 0 saturated carbocycles. The molecule has 2 rings (SSSR count). The van der Waals surface area contributed by atoms with Crippen molar-refractivity contribution < 1.29 is 4.74 Å². The molecule has 0 amide bonds. The zero-order valence-electron chi connectivity index (χ0n) is 10.5. The zero-order chi connectivity index (χ0) is 12.3. The lowest BCUT2D eigenvalue weighted by Crippen LogP contribution is -2.43. The van der Waals surface area contributed by atoms with E-state index < -0.39 is 0 Å². The minimum atomic E-state index is 0.455. The lowest BCUT2D eigenvalue weighted by Gasteiger charge is -2.28. The number of methoxy groups -OCH3 is 1. The van der Waals surface area contributed by atoms with Crippen LogP contribution in [0.5, 0.6) is 5.75 Å². The van der Waals surface area contributed by atoms with Gasteiger partial charge in [0.25, 0.3) is 0 Å². The van der Waals surface area contributed by atoms with Gasteiger partial charge in [-0.3, -0.25) is 10.9 Å². The van der Waals surface area contributed by atoms with E-state index in [1.54, 1.807) is 7.11 Å². The van der Waals surface area contributed by atoms with Gasteiger partial charge in [0.15, 0.2) is 0 Å². The normalized spacial score (nSPS) is 18.8. The quantitative estimate of drug-likeness (QED) is 0.543. The Morgan fingerprint density at radius 1 is 1.41 bits per heavy atom. The fraction of sp³-hybridized carbons (Fsp3) is 0.538. The van der Waals surface area contributed by atoms with Crippen molar-refractivity contribution in [2.45, 2.75) is 32.2 Å². The van der Waals surface area contributed by atoms with Crippen molar-refractivity contribution in [1.82, 2.24) is 10.9 Å². The van der Waals surface area contributed by atoms with Crippen LogP contribution in [0.3, 0.4) is 0 Å². The SMILES string of the molecule is CCNNC1CCc2c(OC)ccc(N)c2C1. The van der Waals surface area contributed by atoms with Crippen LogP contribution in [0.2, 0.25) is 0 Å². The summed E-state index contributed by atoms with van der Waals surface area (Å²) < 4.78 is 5.39. The highest BCUT2D eigenvalue weighted by Gasteiger charge is 2.22. The standard InChI is InChI=1S/C13H21N3O/c1-3-15-16-9-4-5-10-11(8-9)12(14)6-7-13(10)17-2/h6-7,9,15-16H,3-5,8,14H2,1-2H3. The molecule has 17 heavy (non-hydrogen) atoms. The first-order chi connectivity index (χ1) is 8.26. The molecule has 0 aromatic heterocycles. The molecular weight excluding hydrogens is 214 g/mol. The third-order valence-corrected chi connectivity index (χ3v) is 3.32. The number of nitrogen functional groups attached to an aromatic ring is 1. The van der Waals surface area contributed by atoms with Crippen LogP contribution in [0.15, 0.2) is 12.1 Å². The van der Waals surface area contributed by atoms with E-state index in [4.69, 9.17) is 10.5 Å². The van der Waals surface area contributed by atoms with Gasteiger partial charge in [-0.1, -0.05) is 6.92 Å². The molecule has 0 fully saturated rings. The number of hydrogen-bond donors (Lipinski definition) is 3. The number of rotatable bonds is 4. The van der Waals surface area contributed by atoms with Gasteiger partial charge in [-0.15, -0.1) is 0 Å². The monoisotopic (exact) mass is 235 g/mol. The third-order valence-electron chi connectivity index (χ3n) is 3.32. The predicted molar refractivity (Wildman–Crippen MR) is 70.0 cm³/mol. The molecule has 4 N–H and O–H groups in total. The second-order valence-corrected chi connectivity index (χ2v) is 4.43. The summed E-state index contributed by atoms with van der Waals surface area (Å²) in [5.74, 6) is 0.969. The molecule has 0 saturated heterocycles. The highest BCUT2D eigenvalue weighted by atomic mass is 16.5. The number of ether oxygens (including phenoxy) is 1. The lowest BCUT2D eigenvalue weighted by atomic mass is 9.87. The summed E-state index contributed by atoms with van der Waals surface area (Å²) in [6.07, 6.45) is 3.10. The van der Waals surface area contributed by atoms with E-state index in [0.717, 1.165) is 37.2 Å². The van der Waals surface area contributed by atoms with Gasteiger partial charge in [-0.2, -0.15) is 0 Å². The van der Waals surface area contributed by atoms with Crippen molar-refractivity contribution >= 4 is 5.69 Å². The minimum absolute atomic E-state index is 0.455. The first-order valence-corrected chi connectivity index (χ1v) is 6.18. The first-order valence-electron chi connectivity index (χ1n) is 6.18. The summed E-state index contributed by atoms with van der Waals surface area (Å²) in [6, 6.07) is 4.36. The molecule has 1 aromatic carbocycles. The fourth-order valence-electron chi connectivity index (χ4n) is 2.43. The summed E-state index contributed by atoms with van der Waals surface area (Å²) >= 11 is 0. The lowest BCUT2D eigenvalue weighted by molar-refractivity contribution is 0.381. The minimum Gasteiger partial charge on any atom is -0.496 e. The Hall–Kier alpha value is -1.26. The molecule has 4 heteroatoms. The van der Waals surface area contributed by atoms with Gasteiger partial charge in [0.1, 0.15) is 5.75 Å². The molecule has 1 aromatic rings. The van der Waals surface area contributed by atoms with Crippen LogP contribution in [0.25, 0.3) is 0 Å². The Kier molecular flexibility index (Phi) is 3.86. The molecule has 0 aliphatic heterocycles. The molecule has 94 valence electrons. The largest absolute Gasteiger partial charge is 0.496 e. The van der Waals surface area contributed by atoms with Crippen molar-refractivity contribution in [2.24, 2.45) is 0 Å². The number of nitrogens with one attached hydrogen (secondary N) is 2. The summed E-state index contributed by atoms with van der Waals surface area (Å²) in [5.41, 5.74) is 16.0. The van der Waals surface area contributed by atoms with Gasteiger partial charge in [-0.25, -0.2) is 0 Å². The second-order valence-electron chi connectivity index (χ2n) is 4.43. The Bertz CT molecular complexity index is 392. The van der Waals surface area contributed by atoms with Crippen LogP contribution in [-0.4, -0.2) is 19.7 Å². The van der Waals surface area contributed by atoms with Crippen LogP contribution in [-0.2, 0) is 12.8 Å². The van der Waals surface area contributed by atoms with Gasteiger partial charge in [0, 0.05) is 18.3 Å². The van der Waals surface area contributed by atoms with E-state index >= 15 is 0 Å². The fourth-order valence-corrected chi connectivity index (χ4v) is 2.43. The third kappa shape index (κ3) is 2.53. The Balaban J connectivity index is 2.19. The number of benzene rings is 1. The average Bonchev–Trinajstić information content (AvgIpc) is 2.37. The van der Waals surface area contributed by atoms with E-state index in [0.29, 0.717) is 6.04 Å². The summed E-state index contributed by atoms with van der Waals surface area (Å²) in [6.45, 7) is 3.01. The molecule has 1 unspecified atom stereocenters. The van der Waals surface area contributed by atoms with Gasteiger partial charge >= 0.3 is 0 Å². The van der Waals surface area contributed by atoms with Gasteiger partial charge in [0.05, 0.1) is 7.11 Å². The van der Waals surface area contributed by atoms with Crippen molar-refractivity contribution in [3.63, 3.8) is 0 Å². The van der Waals surface area contributed by atoms with Gasteiger partial charge < -0.3 is 10.5 Å². The molecule has 0 spiro atoms. The summed E-state index contributed by atoms with van der Waals surface area (Å²) in [7, 11) is 1.72. The predicted octanol–water partition coefficient (Wildman–Crippen LogP) is 1.25. The molecule has 1 aliphatic rings. The molecule has 0 radical (unpaired) electrons. The smallest absolute Gasteiger partial charge is 0.122 e. The average molecular weight is 235 g/mol. The maximum atomic E-state index is 6.05. The Morgan fingerprint density at radius 2 is 2.24 bits per heavy atom. The summed E-state index contributed by atoms with van der Waals surface area (Å²) in [5, 5.41) is 0. The number of anilines is 1. The summed E-state index contributed by atoms with van der Waals surface area (Å²) in [4.78, 5) is 0. The van der Waals surface area contributed by atoms with Crippen molar-refractivity contribution in [1.29, 1.82) is 0 Å². The van der Waals surface area contributed by atoms with E-state index in [-0.39, 0.29) is 0 Å². The Morgan fingerprint density at radius 3 is 2.94 bits per heavy atom. The maximum absolute atomic E-state index is 6.05. The van der Waals surface area contributed by atoms with Crippen LogP contribution in [0.4, 0.5) is 5.69 Å². The van der Waals surface area contributed by atoms with Crippen LogP contribution in [0.1, 0.15) is 24.5 Å². The van der Waals surface area contributed by atoms with Crippen molar-refractivity contribution in [3.8, 4) is 5.75 Å². The number of hydrogen-bond acceptors (Lipinski definition) is 4. The van der Waals surface area contributed by atoms with E-state index in [1.165, 1.54) is 11.1 Å². The second kappa shape index (κ2) is 5.38. The number of nitrogens with two attached hydrogens (primary N) is 1. The van der Waals surface area contributed by atoms with E-state index in [9.17, 15) is 0 Å². The van der Waals surface area contributed by atoms with Crippen LogP contribution < -0.4 is 21.3 Å². The first kappa shape index (κ1) is 12.2. The van der Waals surface area contributed by atoms with Crippen LogP contribution in [0, 0.1) is 0 Å². The molecular formula is C13H21N3O. The van der Waals surface area contributed by atoms with Crippen molar-refractivity contribution in [3.05, 3.63) is 23.3 Å². The highest BCUT2D eigenvalue weighted by molar-refractivity contribution is 5.57. The molecule has 1 atom stereocenters. The highest BCUT2D eigenvalue weighted by Crippen LogP contribution is 2.33. The molecule has 0 heterocycles. The maximum Gasteiger partial charge on any atom is 0.122 e. The van der Waals surface area contributed by atoms with Gasteiger partial charge in [0.2, 0.25) is 0 Å². The molecule has 0 bridgehead atoms.